The van der Waals surface area contributed by atoms with Crippen molar-refractivity contribution in [3.63, 3.8) is 0 Å². The fourth-order valence-electron chi connectivity index (χ4n) is 2.71. The quantitative estimate of drug-likeness (QED) is 0.879. The molecule has 4 heteroatoms. The van der Waals surface area contributed by atoms with Crippen molar-refractivity contribution in [3.8, 4) is 0 Å². The maximum absolute atomic E-state index is 5.95. The van der Waals surface area contributed by atoms with E-state index in [1.165, 1.54) is 5.56 Å². The van der Waals surface area contributed by atoms with E-state index in [0.717, 1.165) is 44.2 Å². The molecule has 0 radical (unpaired) electrons. The van der Waals surface area contributed by atoms with Crippen LogP contribution in [0.2, 0.25) is 0 Å². The van der Waals surface area contributed by atoms with Crippen molar-refractivity contribution in [2.45, 2.75) is 25.8 Å². The highest BCUT2D eigenvalue weighted by Crippen LogP contribution is 2.22. The standard InChI is InChI=1S/C15H25N3O/c1-12-3-4-14(10-17-12)15(9-16)18(2)11-13-5-7-19-8-6-13/h3-4,10,13,15H,5-9,11,16H2,1-2H3. The van der Waals surface area contributed by atoms with Gasteiger partial charge in [-0.15, -0.1) is 0 Å². The summed E-state index contributed by atoms with van der Waals surface area (Å²) in [7, 11) is 2.16. The molecule has 19 heavy (non-hydrogen) atoms. The Kier molecular flexibility index (Phi) is 5.31. The van der Waals surface area contributed by atoms with E-state index in [4.69, 9.17) is 10.5 Å². The minimum Gasteiger partial charge on any atom is -0.381 e. The van der Waals surface area contributed by atoms with E-state index in [0.29, 0.717) is 6.54 Å². The maximum Gasteiger partial charge on any atom is 0.0482 e. The highest BCUT2D eigenvalue weighted by atomic mass is 16.5. The smallest absolute Gasteiger partial charge is 0.0482 e. The van der Waals surface area contributed by atoms with E-state index in [1.54, 1.807) is 0 Å². The van der Waals surface area contributed by atoms with Crippen molar-refractivity contribution in [2.75, 3.05) is 33.4 Å². The molecule has 0 amide bonds. The van der Waals surface area contributed by atoms with Crippen LogP contribution in [0.1, 0.15) is 30.1 Å². The minimum atomic E-state index is 0.260. The van der Waals surface area contributed by atoms with Crippen molar-refractivity contribution < 1.29 is 4.74 Å². The average molecular weight is 263 g/mol. The first-order valence-corrected chi connectivity index (χ1v) is 7.11. The topological polar surface area (TPSA) is 51.4 Å². The van der Waals surface area contributed by atoms with Gasteiger partial charge in [0.25, 0.3) is 0 Å². The summed E-state index contributed by atoms with van der Waals surface area (Å²) in [6.07, 6.45) is 4.27. The first kappa shape index (κ1) is 14.4. The summed E-state index contributed by atoms with van der Waals surface area (Å²) in [5.41, 5.74) is 8.21. The third kappa shape index (κ3) is 4.00. The van der Waals surface area contributed by atoms with Gasteiger partial charge in [0, 0.05) is 44.2 Å². The predicted molar refractivity (Wildman–Crippen MR) is 76.9 cm³/mol. The molecule has 1 atom stereocenters. The van der Waals surface area contributed by atoms with Crippen LogP contribution in [-0.2, 0) is 4.74 Å². The summed E-state index contributed by atoms with van der Waals surface area (Å²) < 4.78 is 5.41. The van der Waals surface area contributed by atoms with Crippen molar-refractivity contribution in [1.82, 2.24) is 9.88 Å². The van der Waals surface area contributed by atoms with E-state index < -0.39 is 0 Å². The number of hydrogen-bond donors (Lipinski definition) is 1. The van der Waals surface area contributed by atoms with Gasteiger partial charge in [-0.1, -0.05) is 6.07 Å². The molecule has 1 fully saturated rings. The Morgan fingerprint density at radius 3 is 2.74 bits per heavy atom. The molecular formula is C15H25N3O. The SMILES string of the molecule is Cc1ccc(C(CN)N(C)CC2CCOCC2)cn1. The van der Waals surface area contributed by atoms with Gasteiger partial charge in [0.05, 0.1) is 0 Å². The zero-order valence-corrected chi connectivity index (χ0v) is 12.0. The summed E-state index contributed by atoms with van der Waals surface area (Å²) in [4.78, 5) is 6.74. The van der Waals surface area contributed by atoms with Crippen molar-refractivity contribution in [3.05, 3.63) is 29.6 Å². The second-order valence-corrected chi connectivity index (χ2v) is 5.48. The molecule has 106 valence electrons. The van der Waals surface area contributed by atoms with Gasteiger partial charge in [-0.25, -0.2) is 0 Å². The maximum atomic E-state index is 5.95. The number of hydrogen-bond acceptors (Lipinski definition) is 4. The minimum absolute atomic E-state index is 0.260. The Morgan fingerprint density at radius 2 is 2.16 bits per heavy atom. The molecule has 2 heterocycles. The van der Waals surface area contributed by atoms with Crippen LogP contribution < -0.4 is 5.73 Å². The lowest BCUT2D eigenvalue weighted by Crippen LogP contribution is -2.36. The number of ether oxygens (including phenoxy) is 1. The highest BCUT2D eigenvalue weighted by Gasteiger charge is 2.21. The third-order valence-corrected chi connectivity index (χ3v) is 3.96. The number of rotatable bonds is 5. The molecule has 1 aromatic heterocycles. The lowest BCUT2D eigenvalue weighted by Gasteiger charge is -2.32. The number of pyridine rings is 1. The molecule has 1 unspecified atom stereocenters. The van der Waals surface area contributed by atoms with Crippen LogP contribution in [0.3, 0.4) is 0 Å². The van der Waals surface area contributed by atoms with Gasteiger partial charge >= 0.3 is 0 Å². The molecule has 1 aliphatic rings. The van der Waals surface area contributed by atoms with Crippen LogP contribution in [0.5, 0.6) is 0 Å². The van der Waals surface area contributed by atoms with E-state index in [1.807, 2.05) is 13.1 Å². The number of nitrogens with two attached hydrogens (primary N) is 1. The molecule has 0 aromatic carbocycles. The molecule has 1 aromatic rings. The lowest BCUT2D eigenvalue weighted by molar-refractivity contribution is 0.0507. The number of aryl methyl sites for hydroxylation is 1. The first-order valence-electron chi connectivity index (χ1n) is 7.11. The first-order chi connectivity index (χ1) is 9.20. The van der Waals surface area contributed by atoms with E-state index >= 15 is 0 Å². The average Bonchev–Trinajstić information content (AvgIpc) is 2.43. The fourth-order valence-corrected chi connectivity index (χ4v) is 2.71. The fraction of sp³-hybridized carbons (Fsp3) is 0.667. The number of nitrogens with zero attached hydrogens (tertiary/aromatic N) is 2. The van der Waals surface area contributed by atoms with Crippen LogP contribution in [0, 0.1) is 12.8 Å². The Labute approximate surface area is 116 Å². The molecule has 2 rings (SSSR count). The van der Waals surface area contributed by atoms with Gasteiger partial charge in [0.15, 0.2) is 0 Å². The second kappa shape index (κ2) is 6.98. The molecule has 0 bridgehead atoms. The molecule has 0 saturated carbocycles. The summed E-state index contributed by atoms with van der Waals surface area (Å²) in [5, 5.41) is 0. The van der Waals surface area contributed by atoms with Crippen molar-refractivity contribution in [1.29, 1.82) is 0 Å². The molecular weight excluding hydrogens is 238 g/mol. The van der Waals surface area contributed by atoms with Crippen LogP contribution in [0.25, 0.3) is 0 Å². The Hall–Kier alpha value is -0.970. The summed E-state index contributed by atoms with van der Waals surface area (Å²) >= 11 is 0. The largest absolute Gasteiger partial charge is 0.381 e. The molecule has 0 aliphatic carbocycles. The summed E-state index contributed by atoms with van der Waals surface area (Å²) in [6.45, 7) is 5.52. The molecule has 0 spiro atoms. The van der Waals surface area contributed by atoms with Gasteiger partial charge in [0.2, 0.25) is 0 Å². The Morgan fingerprint density at radius 1 is 1.42 bits per heavy atom. The normalized spacial score (nSPS) is 18.7. The molecule has 1 saturated heterocycles. The van der Waals surface area contributed by atoms with Crippen LogP contribution in [0.4, 0.5) is 0 Å². The van der Waals surface area contributed by atoms with Gasteiger partial charge in [-0.3, -0.25) is 9.88 Å². The van der Waals surface area contributed by atoms with Gasteiger partial charge in [-0.05, 0) is 44.4 Å². The monoisotopic (exact) mass is 263 g/mol. The molecule has 1 aliphatic heterocycles. The highest BCUT2D eigenvalue weighted by molar-refractivity contribution is 5.17. The van der Waals surface area contributed by atoms with Crippen LogP contribution >= 0.6 is 0 Å². The van der Waals surface area contributed by atoms with E-state index in [-0.39, 0.29) is 6.04 Å². The van der Waals surface area contributed by atoms with Crippen molar-refractivity contribution >= 4 is 0 Å². The van der Waals surface area contributed by atoms with Gasteiger partial charge < -0.3 is 10.5 Å². The Balaban J connectivity index is 1.97. The van der Waals surface area contributed by atoms with Crippen LogP contribution in [-0.4, -0.2) is 43.2 Å². The molecule has 4 nitrogen and oxygen atoms in total. The second-order valence-electron chi connectivity index (χ2n) is 5.48. The summed E-state index contributed by atoms with van der Waals surface area (Å²) in [5.74, 6) is 0.728. The van der Waals surface area contributed by atoms with Crippen molar-refractivity contribution in [2.24, 2.45) is 11.7 Å². The number of aromatic nitrogens is 1. The molecule has 2 N–H and O–H groups in total. The predicted octanol–water partition coefficient (Wildman–Crippen LogP) is 1.75. The summed E-state index contributed by atoms with van der Waals surface area (Å²) in [6, 6.07) is 4.46. The lowest BCUT2D eigenvalue weighted by atomic mass is 9.98. The third-order valence-electron chi connectivity index (χ3n) is 3.96. The zero-order valence-electron chi connectivity index (χ0n) is 12.0. The number of likely N-dealkylation sites (N-methyl/N-ethyl adjacent to an activating group) is 1. The van der Waals surface area contributed by atoms with Crippen LogP contribution in [0.15, 0.2) is 18.3 Å². The van der Waals surface area contributed by atoms with E-state index in [2.05, 4.69) is 29.1 Å². The van der Waals surface area contributed by atoms with E-state index in [9.17, 15) is 0 Å². The van der Waals surface area contributed by atoms with Gasteiger partial charge in [0.1, 0.15) is 0 Å². The Bertz CT molecular complexity index is 373. The zero-order chi connectivity index (χ0) is 13.7. The van der Waals surface area contributed by atoms with Gasteiger partial charge in [-0.2, -0.15) is 0 Å².